The number of hydrogen-bond donors (Lipinski definition) is 0. The molecule has 0 radical (unpaired) electrons. The summed E-state index contributed by atoms with van der Waals surface area (Å²) >= 11 is 0. The van der Waals surface area contributed by atoms with Crippen molar-refractivity contribution in [2.24, 2.45) is 16.2 Å². The van der Waals surface area contributed by atoms with Gasteiger partial charge in [0.1, 0.15) is 0 Å². The zero-order valence-electron chi connectivity index (χ0n) is 20.1. The Hall–Kier alpha value is 0. The quantitative estimate of drug-likeness (QED) is 0.225. The number of rotatable bonds is 17. The molecule has 0 N–H and O–H groups in total. The van der Waals surface area contributed by atoms with E-state index in [4.69, 9.17) is 0 Å². The second kappa shape index (κ2) is 13.2. The van der Waals surface area contributed by atoms with Gasteiger partial charge in [-0.25, -0.2) is 0 Å². The molecular formula is C26H54. The summed E-state index contributed by atoms with van der Waals surface area (Å²) in [5.41, 5.74) is 1.22. The van der Waals surface area contributed by atoms with Gasteiger partial charge in [0.15, 0.2) is 0 Å². The highest BCUT2D eigenvalue weighted by Crippen LogP contribution is 2.55. The molecule has 0 aromatic heterocycles. The number of unbranched alkanes of at least 4 members (excludes halogenated alkanes) is 11. The first-order valence-electron chi connectivity index (χ1n) is 12.1. The van der Waals surface area contributed by atoms with Gasteiger partial charge >= 0.3 is 0 Å². The van der Waals surface area contributed by atoms with E-state index in [0.717, 1.165) is 0 Å². The van der Waals surface area contributed by atoms with E-state index in [0.29, 0.717) is 16.2 Å². The van der Waals surface area contributed by atoms with Crippen molar-refractivity contribution < 1.29 is 0 Å². The summed E-state index contributed by atoms with van der Waals surface area (Å²) in [6, 6.07) is 0. The summed E-state index contributed by atoms with van der Waals surface area (Å²) in [5, 5.41) is 0. The third kappa shape index (κ3) is 9.27. The molecule has 0 bridgehead atoms. The lowest BCUT2D eigenvalue weighted by Crippen LogP contribution is -2.44. The second-order valence-corrected chi connectivity index (χ2v) is 10.8. The molecule has 0 aliphatic heterocycles. The van der Waals surface area contributed by atoms with E-state index in [1.165, 1.54) is 96.3 Å². The smallest absolute Gasteiger partial charge is 0.0252 e. The molecule has 0 heteroatoms. The molecule has 0 aliphatic rings. The van der Waals surface area contributed by atoms with Gasteiger partial charge in [-0.3, -0.25) is 0 Å². The lowest BCUT2D eigenvalue weighted by molar-refractivity contribution is -0.0325. The van der Waals surface area contributed by atoms with Crippen molar-refractivity contribution in [3.05, 3.63) is 0 Å². The van der Waals surface area contributed by atoms with Crippen molar-refractivity contribution in [3.63, 3.8) is 0 Å². The van der Waals surface area contributed by atoms with E-state index in [1.54, 1.807) is 0 Å². The summed E-state index contributed by atoms with van der Waals surface area (Å²) in [7, 11) is 0. The van der Waals surface area contributed by atoms with Crippen LogP contribution in [0.1, 0.15) is 152 Å². The third-order valence-electron chi connectivity index (χ3n) is 7.94. The highest BCUT2D eigenvalue weighted by Gasteiger charge is 2.46. The fraction of sp³-hybridized carbons (Fsp3) is 1.00. The highest BCUT2D eigenvalue weighted by atomic mass is 14.5. The second-order valence-electron chi connectivity index (χ2n) is 10.8. The molecule has 0 unspecified atom stereocenters. The summed E-state index contributed by atoms with van der Waals surface area (Å²) in [6.07, 6.45) is 21.3. The monoisotopic (exact) mass is 366 g/mol. The molecule has 0 atom stereocenters. The van der Waals surface area contributed by atoms with Gasteiger partial charge in [-0.05, 0) is 29.1 Å². The predicted octanol–water partition coefficient (Wildman–Crippen LogP) is 9.96. The maximum absolute atomic E-state index is 2.53. The Bertz CT molecular complexity index is 321. The Morgan fingerprint density at radius 1 is 0.385 bits per heavy atom. The summed E-state index contributed by atoms with van der Waals surface area (Å²) in [4.78, 5) is 0. The van der Waals surface area contributed by atoms with Crippen LogP contribution in [0.3, 0.4) is 0 Å². The summed E-state index contributed by atoms with van der Waals surface area (Å²) in [6.45, 7) is 19.7. The van der Waals surface area contributed by atoms with E-state index in [-0.39, 0.29) is 0 Å². The molecule has 0 saturated heterocycles. The normalized spacial score (nSPS) is 13.4. The molecule has 158 valence electrons. The Labute approximate surface area is 168 Å². The molecule has 0 aromatic carbocycles. The minimum atomic E-state index is 0.383. The molecule has 0 fully saturated rings. The van der Waals surface area contributed by atoms with Gasteiger partial charge in [-0.1, -0.05) is 139 Å². The zero-order valence-corrected chi connectivity index (χ0v) is 20.1. The average Bonchev–Trinajstić information content (AvgIpc) is 2.57. The molecule has 0 saturated carbocycles. The van der Waals surface area contributed by atoms with E-state index in [2.05, 4.69) is 55.4 Å². The Morgan fingerprint density at radius 2 is 0.692 bits per heavy atom. The fourth-order valence-corrected chi connectivity index (χ4v) is 4.39. The van der Waals surface area contributed by atoms with E-state index in [1.807, 2.05) is 0 Å². The first kappa shape index (κ1) is 26.0. The van der Waals surface area contributed by atoms with Gasteiger partial charge in [0.05, 0.1) is 0 Å². The predicted molar refractivity (Wildman–Crippen MR) is 122 cm³/mol. The van der Waals surface area contributed by atoms with Crippen molar-refractivity contribution in [2.75, 3.05) is 0 Å². The van der Waals surface area contributed by atoms with Crippen LogP contribution < -0.4 is 0 Å². The van der Waals surface area contributed by atoms with Gasteiger partial charge in [-0.15, -0.1) is 0 Å². The minimum Gasteiger partial charge on any atom is -0.0654 e. The van der Waals surface area contributed by atoms with Crippen LogP contribution in [0.15, 0.2) is 0 Å². The van der Waals surface area contributed by atoms with Crippen molar-refractivity contribution >= 4 is 0 Å². The molecule has 0 aromatic rings. The largest absolute Gasteiger partial charge is 0.0654 e. The summed E-state index contributed by atoms with van der Waals surface area (Å²) < 4.78 is 0. The molecule has 0 nitrogen and oxygen atoms in total. The first-order chi connectivity index (χ1) is 12.1. The zero-order chi connectivity index (χ0) is 20.1. The van der Waals surface area contributed by atoms with E-state index >= 15 is 0 Å². The summed E-state index contributed by atoms with van der Waals surface area (Å²) in [5.74, 6) is 0. The van der Waals surface area contributed by atoms with Crippen LogP contribution in [0.25, 0.3) is 0 Å². The van der Waals surface area contributed by atoms with E-state index in [9.17, 15) is 0 Å². The standard InChI is InChI=1S/C26H54/c1-9-11-13-14-15-16-17-18-19-20-21-23-25(5,6)26(7,8)24(3,4)22-12-10-2/h9-23H2,1-8H3. The van der Waals surface area contributed by atoms with Gasteiger partial charge < -0.3 is 0 Å². The molecule has 0 amide bonds. The Balaban J connectivity index is 3.99. The lowest BCUT2D eigenvalue weighted by Gasteiger charge is -2.53. The molecular weight excluding hydrogens is 312 g/mol. The van der Waals surface area contributed by atoms with E-state index < -0.39 is 0 Å². The van der Waals surface area contributed by atoms with Crippen molar-refractivity contribution in [2.45, 2.75) is 152 Å². The average molecular weight is 367 g/mol. The first-order valence-corrected chi connectivity index (χ1v) is 12.1. The molecule has 0 rings (SSSR count). The highest BCUT2D eigenvalue weighted by molar-refractivity contribution is 4.96. The third-order valence-corrected chi connectivity index (χ3v) is 7.94. The minimum absolute atomic E-state index is 0.383. The molecule has 0 spiro atoms. The van der Waals surface area contributed by atoms with Crippen LogP contribution in [0.5, 0.6) is 0 Å². The van der Waals surface area contributed by atoms with Crippen LogP contribution >= 0.6 is 0 Å². The Morgan fingerprint density at radius 3 is 1.08 bits per heavy atom. The van der Waals surface area contributed by atoms with Gasteiger partial charge in [0.25, 0.3) is 0 Å². The maximum Gasteiger partial charge on any atom is -0.0252 e. The van der Waals surface area contributed by atoms with Crippen LogP contribution in [0.4, 0.5) is 0 Å². The van der Waals surface area contributed by atoms with Crippen LogP contribution in [-0.4, -0.2) is 0 Å². The molecule has 0 aliphatic carbocycles. The van der Waals surface area contributed by atoms with Gasteiger partial charge in [0, 0.05) is 0 Å². The van der Waals surface area contributed by atoms with Crippen molar-refractivity contribution in [1.82, 2.24) is 0 Å². The van der Waals surface area contributed by atoms with Crippen LogP contribution in [0.2, 0.25) is 0 Å². The lowest BCUT2D eigenvalue weighted by atomic mass is 9.52. The van der Waals surface area contributed by atoms with Crippen molar-refractivity contribution in [1.29, 1.82) is 0 Å². The SMILES string of the molecule is CCCCCCCCCCCCCC(C)(C)C(C)(C)C(C)(C)CCCC. The molecule has 26 heavy (non-hydrogen) atoms. The van der Waals surface area contributed by atoms with Gasteiger partial charge in [-0.2, -0.15) is 0 Å². The fourth-order valence-electron chi connectivity index (χ4n) is 4.39. The van der Waals surface area contributed by atoms with Gasteiger partial charge in [0.2, 0.25) is 0 Å². The van der Waals surface area contributed by atoms with Crippen LogP contribution in [0, 0.1) is 16.2 Å². The number of hydrogen-bond acceptors (Lipinski definition) is 0. The maximum atomic E-state index is 2.53. The topological polar surface area (TPSA) is 0 Å². The Kier molecular flexibility index (Phi) is 13.2. The van der Waals surface area contributed by atoms with Crippen molar-refractivity contribution in [3.8, 4) is 0 Å². The van der Waals surface area contributed by atoms with Crippen LogP contribution in [-0.2, 0) is 0 Å². The molecule has 0 heterocycles.